The molecule has 0 spiro atoms. The summed E-state index contributed by atoms with van der Waals surface area (Å²) in [6.07, 6.45) is 1.41. The van der Waals surface area contributed by atoms with E-state index in [0.717, 1.165) is 6.42 Å². The van der Waals surface area contributed by atoms with Gasteiger partial charge in [0.05, 0.1) is 12.6 Å². The maximum absolute atomic E-state index is 11.4. The lowest BCUT2D eigenvalue weighted by Gasteiger charge is -2.18. The Hall–Kier alpha value is -1.10. The molecule has 15 heavy (non-hydrogen) atoms. The van der Waals surface area contributed by atoms with E-state index in [1.165, 1.54) is 12.2 Å². The van der Waals surface area contributed by atoms with Crippen LogP contribution in [0.5, 0.6) is 0 Å². The lowest BCUT2D eigenvalue weighted by atomic mass is 10.1. The normalized spacial score (nSPS) is 14.3. The van der Waals surface area contributed by atoms with Crippen molar-refractivity contribution in [2.75, 3.05) is 6.61 Å². The van der Waals surface area contributed by atoms with Gasteiger partial charge in [-0.25, -0.2) is 4.79 Å². The highest BCUT2D eigenvalue weighted by Gasteiger charge is 2.24. The van der Waals surface area contributed by atoms with E-state index in [1.807, 2.05) is 6.92 Å². The number of nitrogens with two attached hydrogens (primary N) is 1. The van der Waals surface area contributed by atoms with Crippen molar-refractivity contribution in [2.24, 2.45) is 0 Å². The zero-order valence-corrected chi connectivity index (χ0v) is 9.49. The van der Waals surface area contributed by atoms with Crippen LogP contribution in [0.15, 0.2) is 0 Å². The van der Waals surface area contributed by atoms with Gasteiger partial charge in [0.2, 0.25) is 0 Å². The van der Waals surface area contributed by atoms with Gasteiger partial charge in [0, 0.05) is 6.42 Å². The third kappa shape index (κ3) is 5.37. The van der Waals surface area contributed by atoms with Crippen molar-refractivity contribution >= 4 is 11.9 Å². The SMILES string of the molecule is CCC[C@@H]([NH2+][C@@H](C)C(=O)[O-])C(=O)OCC. The molecule has 0 fully saturated rings. The number of esters is 1. The Labute approximate surface area is 89.8 Å². The number of hydrogen-bond donors (Lipinski definition) is 1. The second kappa shape index (κ2) is 7.23. The third-order valence-corrected chi connectivity index (χ3v) is 2.08. The molecule has 0 aliphatic carbocycles. The molecule has 0 amide bonds. The summed E-state index contributed by atoms with van der Waals surface area (Å²) in [6, 6.07) is -1.17. The van der Waals surface area contributed by atoms with E-state index in [4.69, 9.17) is 4.74 Å². The highest BCUT2D eigenvalue weighted by atomic mass is 16.5. The van der Waals surface area contributed by atoms with E-state index >= 15 is 0 Å². The predicted octanol–water partition coefficient (Wildman–Crippen LogP) is -1.58. The monoisotopic (exact) mass is 217 g/mol. The highest BCUT2D eigenvalue weighted by Crippen LogP contribution is 1.95. The Bertz CT molecular complexity index is 217. The van der Waals surface area contributed by atoms with Crippen molar-refractivity contribution in [3.05, 3.63) is 0 Å². The summed E-state index contributed by atoms with van der Waals surface area (Å²) in [5, 5.41) is 12.0. The summed E-state index contributed by atoms with van der Waals surface area (Å²) < 4.78 is 4.85. The molecular weight excluding hydrogens is 198 g/mol. The van der Waals surface area contributed by atoms with Crippen LogP contribution in [0.1, 0.15) is 33.6 Å². The predicted molar refractivity (Wildman–Crippen MR) is 51.7 cm³/mol. The molecule has 88 valence electrons. The Morgan fingerprint density at radius 2 is 2.00 bits per heavy atom. The first-order valence-electron chi connectivity index (χ1n) is 5.25. The van der Waals surface area contributed by atoms with Gasteiger partial charge >= 0.3 is 5.97 Å². The van der Waals surface area contributed by atoms with E-state index in [1.54, 1.807) is 6.92 Å². The number of aliphatic carboxylic acids is 1. The molecule has 0 aromatic carbocycles. The number of carboxylic acid groups (broad SMARTS) is 1. The number of hydrogen-bond acceptors (Lipinski definition) is 4. The molecule has 2 N–H and O–H groups in total. The minimum atomic E-state index is -1.17. The number of carbonyl (C=O) groups excluding carboxylic acids is 2. The van der Waals surface area contributed by atoms with Crippen LogP contribution in [0.25, 0.3) is 0 Å². The van der Waals surface area contributed by atoms with Crippen molar-refractivity contribution in [3.8, 4) is 0 Å². The van der Waals surface area contributed by atoms with E-state index in [2.05, 4.69) is 0 Å². The van der Waals surface area contributed by atoms with Crippen molar-refractivity contribution in [3.63, 3.8) is 0 Å². The van der Waals surface area contributed by atoms with Crippen LogP contribution in [-0.2, 0) is 14.3 Å². The van der Waals surface area contributed by atoms with Crippen LogP contribution in [0.3, 0.4) is 0 Å². The smallest absolute Gasteiger partial charge is 0.364 e. The maximum atomic E-state index is 11.4. The van der Waals surface area contributed by atoms with Crippen molar-refractivity contribution in [1.29, 1.82) is 0 Å². The van der Waals surface area contributed by atoms with E-state index in [9.17, 15) is 14.7 Å². The first-order chi connectivity index (χ1) is 7.02. The number of carboxylic acids is 1. The fourth-order valence-corrected chi connectivity index (χ4v) is 1.28. The Morgan fingerprint density at radius 3 is 2.40 bits per heavy atom. The fraction of sp³-hybridized carbons (Fsp3) is 0.800. The molecule has 0 radical (unpaired) electrons. The number of ether oxygens (including phenoxy) is 1. The van der Waals surface area contributed by atoms with Gasteiger partial charge < -0.3 is 20.0 Å². The molecular formula is C10H19NO4. The zero-order chi connectivity index (χ0) is 11.8. The van der Waals surface area contributed by atoms with Gasteiger partial charge in [0.1, 0.15) is 6.04 Å². The fourth-order valence-electron chi connectivity index (χ4n) is 1.28. The summed E-state index contributed by atoms with van der Waals surface area (Å²) in [5.74, 6) is -1.52. The molecule has 0 aliphatic heterocycles. The zero-order valence-electron chi connectivity index (χ0n) is 9.49. The first kappa shape index (κ1) is 13.9. The molecule has 0 heterocycles. The second-order valence-electron chi connectivity index (χ2n) is 3.45. The molecule has 0 bridgehead atoms. The molecule has 2 atom stereocenters. The number of quaternary nitrogens is 1. The van der Waals surface area contributed by atoms with Gasteiger partial charge in [-0.2, -0.15) is 0 Å². The lowest BCUT2D eigenvalue weighted by molar-refractivity contribution is -0.702. The van der Waals surface area contributed by atoms with Gasteiger partial charge in [0.15, 0.2) is 6.04 Å². The maximum Gasteiger partial charge on any atom is 0.364 e. The van der Waals surface area contributed by atoms with Crippen molar-refractivity contribution in [2.45, 2.75) is 45.7 Å². The van der Waals surface area contributed by atoms with Crippen LogP contribution in [-0.4, -0.2) is 30.6 Å². The van der Waals surface area contributed by atoms with Gasteiger partial charge in [0.25, 0.3) is 0 Å². The summed E-state index contributed by atoms with van der Waals surface area (Å²) in [4.78, 5) is 21.9. The molecule has 0 aliphatic rings. The topological polar surface area (TPSA) is 83.0 Å². The Kier molecular flexibility index (Phi) is 6.70. The molecule has 0 aromatic rings. The minimum Gasteiger partial charge on any atom is -0.544 e. The molecule has 0 rings (SSSR count). The summed E-state index contributed by atoms with van der Waals surface area (Å²) in [7, 11) is 0. The summed E-state index contributed by atoms with van der Waals surface area (Å²) in [6.45, 7) is 5.47. The number of carbonyl (C=O) groups is 2. The molecule has 0 saturated heterocycles. The van der Waals surface area contributed by atoms with Crippen LogP contribution in [0.2, 0.25) is 0 Å². The van der Waals surface area contributed by atoms with Crippen molar-refractivity contribution in [1.82, 2.24) is 0 Å². The highest BCUT2D eigenvalue weighted by molar-refractivity contribution is 5.74. The molecule has 0 saturated carbocycles. The second-order valence-corrected chi connectivity index (χ2v) is 3.45. The third-order valence-electron chi connectivity index (χ3n) is 2.08. The lowest BCUT2D eigenvalue weighted by Crippen LogP contribution is -2.98. The van der Waals surface area contributed by atoms with E-state index in [-0.39, 0.29) is 5.97 Å². The van der Waals surface area contributed by atoms with E-state index in [0.29, 0.717) is 13.0 Å². The Morgan fingerprint density at radius 1 is 1.40 bits per heavy atom. The van der Waals surface area contributed by atoms with Crippen LogP contribution in [0.4, 0.5) is 0 Å². The molecule has 0 aromatic heterocycles. The van der Waals surface area contributed by atoms with Crippen LogP contribution in [0, 0.1) is 0 Å². The Balaban J connectivity index is 4.25. The average molecular weight is 217 g/mol. The summed E-state index contributed by atoms with van der Waals surface area (Å²) >= 11 is 0. The van der Waals surface area contributed by atoms with Crippen LogP contribution >= 0.6 is 0 Å². The molecule has 5 nitrogen and oxygen atoms in total. The van der Waals surface area contributed by atoms with Gasteiger partial charge in [-0.3, -0.25) is 0 Å². The first-order valence-corrected chi connectivity index (χ1v) is 5.25. The number of rotatable bonds is 7. The summed E-state index contributed by atoms with van der Waals surface area (Å²) in [5.41, 5.74) is 0. The molecule has 0 unspecified atom stereocenters. The van der Waals surface area contributed by atoms with Gasteiger partial charge in [-0.05, 0) is 20.3 Å². The van der Waals surface area contributed by atoms with Crippen LogP contribution < -0.4 is 10.4 Å². The average Bonchev–Trinajstić information content (AvgIpc) is 2.17. The van der Waals surface area contributed by atoms with Gasteiger partial charge in [-0.1, -0.05) is 6.92 Å². The minimum absolute atomic E-state index is 0.312. The largest absolute Gasteiger partial charge is 0.544 e. The standard InChI is InChI=1S/C10H19NO4/c1-4-6-8(10(14)15-5-2)11-7(3)9(12)13/h7-8,11H,4-6H2,1-3H3,(H,12,13)/t7-,8+/m0/s1. The van der Waals surface area contributed by atoms with Gasteiger partial charge in [-0.15, -0.1) is 0 Å². The van der Waals surface area contributed by atoms with E-state index < -0.39 is 18.1 Å². The quantitative estimate of drug-likeness (QED) is 0.522. The molecule has 5 heteroatoms. The van der Waals surface area contributed by atoms with Crippen molar-refractivity contribution < 1.29 is 24.7 Å².